The largest absolute Gasteiger partial charge is 0.347 e. The lowest BCUT2D eigenvalue weighted by Crippen LogP contribution is -2.47. The van der Waals surface area contributed by atoms with E-state index < -0.39 is 0 Å². The van der Waals surface area contributed by atoms with Crippen LogP contribution in [0.4, 0.5) is 10.5 Å². The SMILES string of the molecule is CCCn1ccc2ccc(NC(=O)N3CCCC3C(=O)N(C)C)cc21. The molecule has 0 bridgehead atoms. The second-order valence-electron chi connectivity index (χ2n) is 6.80. The summed E-state index contributed by atoms with van der Waals surface area (Å²) >= 11 is 0. The van der Waals surface area contributed by atoms with E-state index in [0.29, 0.717) is 6.54 Å². The van der Waals surface area contributed by atoms with Crippen molar-refractivity contribution in [3.8, 4) is 0 Å². The monoisotopic (exact) mass is 342 g/mol. The van der Waals surface area contributed by atoms with Crippen LogP contribution in [0, 0.1) is 0 Å². The molecule has 1 N–H and O–H groups in total. The topological polar surface area (TPSA) is 57.6 Å². The van der Waals surface area contributed by atoms with E-state index in [0.717, 1.165) is 42.4 Å². The number of hydrogen-bond acceptors (Lipinski definition) is 2. The molecule has 1 atom stereocenters. The fraction of sp³-hybridized carbons (Fsp3) is 0.474. The molecule has 0 radical (unpaired) electrons. The van der Waals surface area contributed by atoms with Crippen LogP contribution in [-0.4, -0.2) is 53.0 Å². The Hall–Kier alpha value is -2.50. The van der Waals surface area contributed by atoms with E-state index in [1.165, 1.54) is 0 Å². The van der Waals surface area contributed by atoms with Crippen molar-refractivity contribution >= 4 is 28.5 Å². The summed E-state index contributed by atoms with van der Waals surface area (Å²) in [5.74, 6) is -0.0140. The van der Waals surface area contributed by atoms with Crippen LogP contribution >= 0.6 is 0 Å². The van der Waals surface area contributed by atoms with Gasteiger partial charge in [0.25, 0.3) is 0 Å². The average molecular weight is 342 g/mol. The summed E-state index contributed by atoms with van der Waals surface area (Å²) in [6.45, 7) is 3.71. The average Bonchev–Trinajstić information content (AvgIpc) is 3.22. The van der Waals surface area contributed by atoms with Crippen LogP contribution in [0.15, 0.2) is 30.5 Å². The highest BCUT2D eigenvalue weighted by Gasteiger charge is 2.34. The zero-order valence-corrected chi connectivity index (χ0v) is 15.2. The van der Waals surface area contributed by atoms with Gasteiger partial charge in [-0.25, -0.2) is 4.79 Å². The van der Waals surface area contributed by atoms with E-state index in [1.807, 2.05) is 18.2 Å². The van der Waals surface area contributed by atoms with Crippen molar-refractivity contribution in [3.63, 3.8) is 0 Å². The van der Waals surface area contributed by atoms with Crippen LogP contribution in [0.3, 0.4) is 0 Å². The summed E-state index contributed by atoms with van der Waals surface area (Å²) < 4.78 is 2.19. The van der Waals surface area contributed by atoms with Crippen molar-refractivity contribution in [2.45, 2.75) is 38.8 Å². The predicted octanol–water partition coefficient (Wildman–Crippen LogP) is 3.14. The third kappa shape index (κ3) is 3.48. The smallest absolute Gasteiger partial charge is 0.322 e. The van der Waals surface area contributed by atoms with Crippen LogP contribution in [0.1, 0.15) is 26.2 Å². The van der Waals surface area contributed by atoms with Gasteiger partial charge in [-0.1, -0.05) is 13.0 Å². The van der Waals surface area contributed by atoms with Gasteiger partial charge >= 0.3 is 6.03 Å². The predicted molar refractivity (Wildman–Crippen MR) is 99.7 cm³/mol. The molecule has 0 spiro atoms. The number of aromatic nitrogens is 1. The van der Waals surface area contributed by atoms with Crippen LogP contribution in [0.25, 0.3) is 10.9 Å². The van der Waals surface area contributed by atoms with Gasteiger partial charge in [-0.3, -0.25) is 4.79 Å². The number of carbonyl (C=O) groups is 2. The van der Waals surface area contributed by atoms with Gasteiger partial charge in [0, 0.05) is 39.1 Å². The van der Waals surface area contributed by atoms with E-state index >= 15 is 0 Å². The lowest BCUT2D eigenvalue weighted by molar-refractivity contribution is -0.132. The lowest BCUT2D eigenvalue weighted by atomic mass is 10.2. The van der Waals surface area contributed by atoms with Gasteiger partial charge in [0.2, 0.25) is 5.91 Å². The van der Waals surface area contributed by atoms with E-state index in [2.05, 4.69) is 29.1 Å². The number of hydrogen-bond donors (Lipinski definition) is 1. The minimum absolute atomic E-state index is 0.0140. The highest BCUT2D eigenvalue weighted by atomic mass is 16.2. The van der Waals surface area contributed by atoms with Crippen molar-refractivity contribution in [2.24, 2.45) is 0 Å². The molecule has 1 saturated heterocycles. The minimum atomic E-state index is -0.359. The van der Waals surface area contributed by atoms with E-state index in [1.54, 1.807) is 23.9 Å². The van der Waals surface area contributed by atoms with Crippen LogP contribution in [0.5, 0.6) is 0 Å². The third-order valence-corrected chi connectivity index (χ3v) is 4.73. The fourth-order valence-corrected chi connectivity index (χ4v) is 3.46. The number of carbonyl (C=O) groups excluding carboxylic acids is 2. The Morgan fingerprint density at radius 1 is 1.28 bits per heavy atom. The third-order valence-electron chi connectivity index (χ3n) is 4.73. The summed E-state index contributed by atoms with van der Waals surface area (Å²) in [6.07, 6.45) is 4.72. The lowest BCUT2D eigenvalue weighted by Gasteiger charge is -2.26. The summed E-state index contributed by atoms with van der Waals surface area (Å²) in [5.41, 5.74) is 1.87. The molecule has 1 fully saturated rings. The number of likely N-dealkylation sites (tertiary alicyclic amines) is 1. The van der Waals surface area contributed by atoms with Gasteiger partial charge in [0.15, 0.2) is 0 Å². The Bertz CT molecular complexity index is 781. The first kappa shape index (κ1) is 17.3. The Morgan fingerprint density at radius 3 is 2.80 bits per heavy atom. The molecule has 1 aromatic heterocycles. The molecule has 2 heterocycles. The number of rotatable bonds is 4. The van der Waals surface area contributed by atoms with Crippen LogP contribution in [-0.2, 0) is 11.3 Å². The van der Waals surface area contributed by atoms with Crippen molar-refractivity contribution in [3.05, 3.63) is 30.5 Å². The molecular formula is C19H26N4O2. The number of likely N-dealkylation sites (N-methyl/N-ethyl adjacent to an activating group) is 1. The van der Waals surface area contributed by atoms with E-state index in [9.17, 15) is 9.59 Å². The molecule has 1 aliphatic rings. The molecule has 6 heteroatoms. The van der Waals surface area contributed by atoms with Gasteiger partial charge in [-0.15, -0.1) is 0 Å². The molecule has 1 unspecified atom stereocenters. The summed E-state index contributed by atoms with van der Waals surface area (Å²) in [6, 6.07) is 7.46. The number of nitrogens with one attached hydrogen (secondary N) is 1. The van der Waals surface area contributed by atoms with Gasteiger partial charge in [0.1, 0.15) is 6.04 Å². The molecule has 0 aliphatic carbocycles. The van der Waals surface area contributed by atoms with Gasteiger partial charge < -0.3 is 19.7 Å². The molecule has 1 aliphatic heterocycles. The number of benzene rings is 1. The number of aryl methyl sites for hydroxylation is 1. The first-order valence-corrected chi connectivity index (χ1v) is 8.89. The standard InChI is InChI=1S/C19H26N4O2/c1-4-10-22-12-9-14-7-8-15(13-17(14)22)20-19(25)23-11-5-6-16(23)18(24)21(2)3/h7-9,12-13,16H,4-6,10-11H2,1-3H3,(H,20,25). The normalized spacial score (nSPS) is 17.1. The maximum Gasteiger partial charge on any atom is 0.322 e. The number of amides is 3. The Balaban J connectivity index is 1.77. The molecule has 2 aromatic rings. The van der Waals surface area contributed by atoms with Crippen molar-refractivity contribution in [2.75, 3.05) is 26.0 Å². The van der Waals surface area contributed by atoms with Gasteiger partial charge in [-0.05, 0) is 42.8 Å². The van der Waals surface area contributed by atoms with Gasteiger partial charge in [0.05, 0.1) is 5.52 Å². The van der Waals surface area contributed by atoms with Crippen LogP contribution in [0.2, 0.25) is 0 Å². The van der Waals surface area contributed by atoms with Crippen molar-refractivity contribution in [1.29, 1.82) is 0 Å². The fourth-order valence-electron chi connectivity index (χ4n) is 3.46. The highest BCUT2D eigenvalue weighted by molar-refractivity contribution is 5.96. The van der Waals surface area contributed by atoms with E-state index in [4.69, 9.17) is 0 Å². The number of anilines is 1. The van der Waals surface area contributed by atoms with E-state index in [-0.39, 0.29) is 18.0 Å². The summed E-state index contributed by atoms with van der Waals surface area (Å²) in [7, 11) is 3.46. The summed E-state index contributed by atoms with van der Waals surface area (Å²) in [4.78, 5) is 28.2. The van der Waals surface area contributed by atoms with Crippen molar-refractivity contribution in [1.82, 2.24) is 14.4 Å². The first-order chi connectivity index (χ1) is 12.0. The zero-order chi connectivity index (χ0) is 18.0. The first-order valence-electron chi connectivity index (χ1n) is 8.89. The highest BCUT2D eigenvalue weighted by Crippen LogP contribution is 2.23. The minimum Gasteiger partial charge on any atom is -0.347 e. The molecule has 3 amide bonds. The maximum absolute atomic E-state index is 12.7. The second-order valence-corrected chi connectivity index (χ2v) is 6.80. The number of nitrogens with zero attached hydrogens (tertiary/aromatic N) is 3. The number of urea groups is 1. The Labute approximate surface area is 148 Å². The number of fused-ring (bicyclic) bond motifs is 1. The molecule has 25 heavy (non-hydrogen) atoms. The molecule has 1 aromatic carbocycles. The zero-order valence-electron chi connectivity index (χ0n) is 15.2. The molecule has 6 nitrogen and oxygen atoms in total. The molecule has 3 rings (SSSR count). The molecular weight excluding hydrogens is 316 g/mol. The van der Waals surface area contributed by atoms with Gasteiger partial charge in [-0.2, -0.15) is 0 Å². The van der Waals surface area contributed by atoms with Crippen molar-refractivity contribution < 1.29 is 9.59 Å². The van der Waals surface area contributed by atoms with Crippen LogP contribution < -0.4 is 5.32 Å². The Kier molecular flexibility index (Phi) is 4.97. The molecule has 134 valence electrons. The summed E-state index contributed by atoms with van der Waals surface area (Å²) in [5, 5.41) is 4.12. The maximum atomic E-state index is 12.7. The quantitative estimate of drug-likeness (QED) is 0.928. The molecule has 0 saturated carbocycles. The second kappa shape index (κ2) is 7.17. The Morgan fingerprint density at radius 2 is 2.08 bits per heavy atom.